The van der Waals surface area contributed by atoms with Crippen molar-refractivity contribution in [2.45, 2.75) is 51.6 Å². The van der Waals surface area contributed by atoms with Crippen LogP contribution in [0.25, 0.3) is 0 Å². The van der Waals surface area contributed by atoms with Gasteiger partial charge in [-0.2, -0.15) is 0 Å². The van der Waals surface area contributed by atoms with Crippen molar-refractivity contribution in [2.24, 2.45) is 0 Å². The van der Waals surface area contributed by atoms with E-state index in [-0.39, 0.29) is 5.54 Å². The summed E-state index contributed by atoms with van der Waals surface area (Å²) >= 11 is 0. The maximum Gasteiger partial charge on any atom is 0.0428 e. The second-order valence-corrected chi connectivity index (χ2v) is 5.02. The molecule has 0 aliphatic carbocycles. The normalized spacial score (nSPS) is 20.5. The van der Waals surface area contributed by atoms with Gasteiger partial charge < -0.3 is 5.32 Å². The molecule has 1 atom stereocenters. The first-order valence-corrected chi connectivity index (χ1v) is 6.24. The van der Waals surface area contributed by atoms with Crippen LogP contribution >= 0.6 is 0 Å². The number of hydrogen-bond donors (Lipinski definition) is 1. The fraction of sp³-hybridized carbons (Fsp3) is 0.846. The van der Waals surface area contributed by atoms with Crippen LogP contribution in [0.4, 0.5) is 0 Å². The third kappa shape index (κ3) is 3.05. The maximum absolute atomic E-state index is 3.96. The first-order chi connectivity index (χ1) is 7.12. The summed E-state index contributed by atoms with van der Waals surface area (Å²) < 4.78 is 0. The summed E-state index contributed by atoms with van der Waals surface area (Å²) in [5.41, 5.74) is 0.202. The average Bonchev–Trinajstić information content (AvgIpc) is 2.72. The molecule has 0 aromatic carbocycles. The van der Waals surface area contributed by atoms with Crippen molar-refractivity contribution in [3.8, 4) is 0 Å². The van der Waals surface area contributed by atoms with E-state index < -0.39 is 0 Å². The SMILES string of the molecule is C=CC(NCCC)C(C)(C)N1CCCC1. The van der Waals surface area contributed by atoms with E-state index in [1.807, 2.05) is 0 Å². The summed E-state index contributed by atoms with van der Waals surface area (Å²) in [5.74, 6) is 0. The zero-order valence-electron chi connectivity index (χ0n) is 10.6. The van der Waals surface area contributed by atoms with Crippen LogP contribution in [0.3, 0.4) is 0 Å². The Labute approximate surface area is 94.7 Å². The van der Waals surface area contributed by atoms with E-state index in [1.165, 1.54) is 32.4 Å². The molecule has 2 nitrogen and oxygen atoms in total. The smallest absolute Gasteiger partial charge is 0.0428 e. The van der Waals surface area contributed by atoms with Gasteiger partial charge in [0.15, 0.2) is 0 Å². The third-order valence-corrected chi connectivity index (χ3v) is 3.53. The van der Waals surface area contributed by atoms with Crippen molar-refractivity contribution in [2.75, 3.05) is 19.6 Å². The number of nitrogens with one attached hydrogen (secondary N) is 1. The Hall–Kier alpha value is -0.340. The van der Waals surface area contributed by atoms with E-state index in [0.29, 0.717) is 6.04 Å². The topological polar surface area (TPSA) is 15.3 Å². The van der Waals surface area contributed by atoms with Crippen LogP contribution in [-0.2, 0) is 0 Å². The molecule has 0 amide bonds. The first kappa shape index (κ1) is 12.7. The van der Waals surface area contributed by atoms with Crippen LogP contribution in [0.5, 0.6) is 0 Å². The van der Waals surface area contributed by atoms with Gasteiger partial charge in [0.2, 0.25) is 0 Å². The molecule has 1 saturated heterocycles. The van der Waals surface area contributed by atoms with Crippen LogP contribution in [0.15, 0.2) is 12.7 Å². The van der Waals surface area contributed by atoms with Crippen molar-refractivity contribution in [3.63, 3.8) is 0 Å². The quantitative estimate of drug-likeness (QED) is 0.677. The fourth-order valence-electron chi connectivity index (χ4n) is 2.41. The number of likely N-dealkylation sites (tertiary alicyclic amines) is 1. The van der Waals surface area contributed by atoms with Gasteiger partial charge in [0, 0.05) is 11.6 Å². The summed E-state index contributed by atoms with van der Waals surface area (Å²) in [6.07, 6.45) is 5.94. The molecular weight excluding hydrogens is 184 g/mol. The Morgan fingerprint density at radius 3 is 2.47 bits per heavy atom. The highest BCUT2D eigenvalue weighted by molar-refractivity contribution is 5.03. The summed E-state index contributed by atoms with van der Waals surface area (Å²) in [7, 11) is 0. The van der Waals surface area contributed by atoms with Crippen molar-refractivity contribution < 1.29 is 0 Å². The average molecular weight is 210 g/mol. The molecule has 0 radical (unpaired) electrons. The minimum Gasteiger partial charge on any atom is -0.309 e. The zero-order valence-corrected chi connectivity index (χ0v) is 10.6. The minimum absolute atomic E-state index is 0.202. The van der Waals surface area contributed by atoms with Crippen molar-refractivity contribution >= 4 is 0 Å². The van der Waals surface area contributed by atoms with Crippen molar-refractivity contribution in [3.05, 3.63) is 12.7 Å². The van der Waals surface area contributed by atoms with E-state index in [0.717, 1.165) is 6.54 Å². The Morgan fingerprint density at radius 1 is 1.40 bits per heavy atom. The lowest BCUT2D eigenvalue weighted by Crippen LogP contribution is -2.56. The predicted molar refractivity (Wildman–Crippen MR) is 67.2 cm³/mol. The first-order valence-electron chi connectivity index (χ1n) is 6.24. The lowest BCUT2D eigenvalue weighted by atomic mass is 9.92. The second kappa shape index (κ2) is 5.66. The lowest BCUT2D eigenvalue weighted by Gasteiger charge is -2.41. The van der Waals surface area contributed by atoms with Gasteiger partial charge in [0.05, 0.1) is 0 Å². The molecule has 1 unspecified atom stereocenters. The predicted octanol–water partition coefficient (Wildman–Crippen LogP) is 2.42. The molecule has 0 bridgehead atoms. The molecule has 0 spiro atoms. The molecule has 1 heterocycles. The van der Waals surface area contributed by atoms with Crippen LogP contribution in [0.1, 0.15) is 40.0 Å². The van der Waals surface area contributed by atoms with E-state index in [2.05, 4.69) is 43.6 Å². The summed E-state index contributed by atoms with van der Waals surface area (Å²) in [6, 6.07) is 0.399. The van der Waals surface area contributed by atoms with Crippen LogP contribution in [-0.4, -0.2) is 36.1 Å². The van der Waals surface area contributed by atoms with Gasteiger partial charge in [-0.1, -0.05) is 13.0 Å². The highest BCUT2D eigenvalue weighted by Crippen LogP contribution is 2.24. The van der Waals surface area contributed by atoms with Crippen LogP contribution in [0, 0.1) is 0 Å². The Balaban J connectivity index is 2.58. The summed E-state index contributed by atoms with van der Waals surface area (Å²) in [5, 5.41) is 3.58. The van der Waals surface area contributed by atoms with E-state index in [9.17, 15) is 0 Å². The van der Waals surface area contributed by atoms with E-state index >= 15 is 0 Å². The van der Waals surface area contributed by atoms with Gasteiger partial charge >= 0.3 is 0 Å². The van der Waals surface area contributed by atoms with Gasteiger partial charge in [0.1, 0.15) is 0 Å². The standard InChI is InChI=1S/C13H26N2/c1-5-9-14-12(6-2)13(3,4)15-10-7-8-11-15/h6,12,14H,2,5,7-11H2,1,3-4H3. The van der Waals surface area contributed by atoms with Crippen LogP contribution < -0.4 is 5.32 Å². The highest BCUT2D eigenvalue weighted by Gasteiger charge is 2.34. The highest BCUT2D eigenvalue weighted by atomic mass is 15.2. The molecule has 1 aliphatic rings. The van der Waals surface area contributed by atoms with Crippen molar-refractivity contribution in [1.82, 2.24) is 10.2 Å². The molecular formula is C13H26N2. The Morgan fingerprint density at radius 2 is 2.00 bits per heavy atom. The molecule has 15 heavy (non-hydrogen) atoms. The van der Waals surface area contributed by atoms with Crippen molar-refractivity contribution in [1.29, 1.82) is 0 Å². The molecule has 1 rings (SSSR count). The summed E-state index contributed by atoms with van der Waals surface area (Å²) in [6.45, 7) is 14.4. The Bertz CT molecular complexity index is 193. The van der Waals surface area contributed by atoms with Gasteiger partial charge in [-0.3, -0.25) is 4.90 Å². The number of nitrogens with zero attached hydrogens (tertiary/aromatic N) is 1. The molecule has 0 saturated carbocycles. The lowest BCUT2D eigenvalue weighted by molar-refractivity contribution is 0.125. The summed E-state index contributed by atoms with van der Waals surface area (Å²) in [4.78, 5) is 2.59. The molecule has 0 aromatic rings. The van der Waals surface area contributed by atoms with Gasteiger partial charge in [-0.15, -0.1) is 6.58 Å². The monoisotopic (exact) mass is 210 g/mol. The van der Waals surface area contributed by atoms with E-state index in [1.54, 1.807) is 0 Å². The van der Waals surface area contributed by atoms with Crippen LogP contribution in [0.2, 0.25) is 0 Å². The molecule has 1 fully saturated rings. The largest absolute Gasteiger partial charge is 0.309 e. The van der Waals surface area contributed by atoms with E-state index in [4.69, 9.17) is 0 Å². The molecule has 1 N–H and O–H groups in total. The molecule has 88 valence electrons. The van der Waals surface area contributed by atoms with Gasteiger partial charge in [-0.25, -0.2) is 0 Å². The maximum atomic E-state index is 3.96. The minimum atomic E-state index is 0.202. The van der Waals surface area contributed by atoms with Gasteiger partial charge in [-0.05, 0) is 52.7 Å². The second-order valence-electron chi connectivity index (χ2n) is 5.02. The molecule has 2 heteroatoms. The molecule has 1 aliphatic heterocycles. The number of rotatable bonds is 6. The molecule has 0 aromatic heterocycles. The fourth-order valence-corrected chi connectivity index (χ4v) is 2.41. The number of hydrogen-bond acceptors (Lipinski definition) is 2. The zero-order chi connectivity index (χ0) is 11.3. The third-order valence-electron chi connectivity index (χ3n) is 3.53. The Kier molecular flexibility index (Phi) is 4.81. The van der Waals surface area contributed by atoms with Gasteiger partial charge in [0.25, 0.3) is 0 Å².